The Hall–Kier alpha value is -2.91. The number of aryl methyl sites for hydroxylation is 1. The highest BCUT2D eigenvalue weighted by atomic mass is 35.5. The van der Waals surface area contributed by atoms with Gasteiger partial charge < -0.3 is 20.6 Å². The summed E-state index contributed by atoms with van der Waals surface area (Å²) in [4.78, 5) is 23.9. The Bertz CT molecular complexity index is 1290. The van der Waals surface area contributed by atoms with Gasteiger partial charge in [-0.05, 0) is 55.7 Å². The summed E-state index contributed by atoms with van der Waals surface area (Å²) in [5.74, 6) is 0.512. The van der Waals surface area contributed by atoms with Crippen molar-refractivity contribution in [3.8, 4) is 23.0 Å². The summed E-state index contributed by atoms with van der Waals surface area (Å²) in [6, 6.07) is 15.4. The van der Waals surface area contributed by atoms with Gasteiger partial charge in [-0.15, -0.1) is 12.6 Å². The minimum atomic E-state index is 0.275. The maximum atomic E-state index is 11.1. The highest BCUT2D eigenvalue weighted by Gasteiger charge is 2.13. The number of imidazole rings is 1. The van der Waals surface area contributed by atoms with Crippen molar-refractivity contribution in [2.24, 2.45) is 5.73 Å². The number of pyridine rings is 1. The number of hydrogen-bond donors (Lipinski definition) is 4. The van der Waals surface area contributed by atoms with Crippen LogP contribution in [0.2, 0.25) is 5.02 Å². The lowest BCUT2D eigenvalue weighted by Crippen LogP contribution is -2.22. The molecule has 246 valence electrons. The van der Waals surface area contributed by atoms with Crippen molar-refractivity contribution in [2.75, 3.05) is 7.11 Å². The number of carbonyl (C=O) groups excluding carboxylic acids is 1. The smallest absolute Gasteiger partial charge is 0.301 e. The molecule has 0 radical (unpaired) electrons. The van der Waals surface area contributed by atoms with Gasteiger partial charge in [-0.25, -0.2) is 4.98 Å². The molecule has 0 bridgehead atoms. The first-order valence-electron chi connectivity index (χ1n) is 15.7. The second-order valence-electron chi connectivity index (χ2n) is 8.42. The molecule has 4 aromatic rings. The Labute approximate surface area is 276 Å². The minimum Gasteiger partial charge on any atom is -0.426 e. The van der Waals surface area contributed by atoms with Gasteiger partial charge in [-0.1, -0.05) is 104 Å². The molecule has 2 aromatic carbocycles. The molecule has 1 aliphatic rings. The number of H-pyrrole nitrogens is 1. The molecule has 0 spiro atoms. The number of fused-ring (bicyclic) bond motifs is 1. The van der Waals surface area contributed by atoms with Gasteiger partial charge in [0.15, 0.2) is 5.65 Å². The van der Waals surface area contributed by atoms with Crippen molar-refractivity contribution in [3.05, 3.63) is 64.7 Å². The van der Waals surface area contributed by atoms with Gasteiger partial charge in [0.1, 0.15) is 12.0 Å². The number of nitrogens with one attached hydrogen (secondary N) is 1. The predicted molar refractivity (Wildman–Crippen MR) is 193 cm³/mol. The van der Waals surface area contributed by atoms with Crippen LogP contribution in [0.25, 0.3) is 22.4 Å². The highest BCUT2D eigenvalue weighted by molar-refractivity contribution is 7.80. The average Bonchev–Trinajstić information content (AvgIpc) is 3.48. The van der Waals surface area contributed by atoms with Gasteiger partial charge in [0, 0.05) is 29.2 Å². The molecule has 0 atom stereocenters. The largest absolute Gasteiger partial charge is 0.426 e. The van der Waals surface area contributed by atoms with Crippen LogP contribution in [0.5, 0.6) is 11.8 Å². The average molecular weight is 647 g/mol. The van der Waals surface area contributed by atoms with Crippen LogP contribution in [0.1, 0.15) is 103 Å². The van der Waals surface area contributed by atoms with Crippen molar-refractivity contribution in [1.82, 2.24) is 15.0 Å². The van der Waals surface area contributed by atoms with E-state index in [0.29, 0.717) is 39.2 Å². The predicted octanol–water partition coefficient (Wildman–Crippen LogP) is 10.5. The molecular weight excluding hydrogens is 592 g/mol. The zero-order valence-corrected chi connectivity index (χ0v) is 30.0. The fraction of sp³-hybridized carbons (Fsp3) is 0.457. The Morgan fingerprint density at radius 3 is 1.98 bits per heavy atom. The van der Waals surface area contributed by atoms with Gasteiger partial charge in [0.25, 0.3) is 0 Å². The van der Waals surface area contributed by atoms with E-state index in [9.17, 15) is 4.79 Å². The van der Waals surface area contributed by atoms with E-state index in [1.165, 1.54) is 32.1 Å². The number of aldehydes is 1. The summed E-state index contributed by atoms with van der Waals surface area (Å²) in [7, 11) is 1.00. The maximum absolute atomic E-state index is 11.1. The van der Waals surface area contributed by atoms with Gasteiger partial charge in [0.2, 0.25) is 0 Å². The highest BCUT2D eigenvalue weighted by Crippen LogP contribution is 2.31. The quantitative estimate of drug-likeness (QED) is 0.130. The molecular formula is C35H55ClN4O3S. The number of benzene rings is 2. The fourth-order valence-corrected chi connectivity index (χ4v) is 4.23. The lowest BCUT2D eigenvalue weighted by Gasteiger charge is -2.15. The molecule has 0 aliphatic heterocycles. The number of halogens is 1. The van der Waals surface area contributed by atoms with Crippen molar-refractivity contribution in [2.45, 2.75) is 105 Å². The van der Waals surface area contributed by atoms with E-state index < -0.39 is 0 Å². The Balaban J connectivity index is 0. The van der Waals surface area contributed by atoms with Crippen molar-refractivity contribution >= 4 is 41.7 Å². The lowest BCUT2D eigenvalue weighted by atomic mass is 9.97. The topological polar surface area (TPSA) is 114 Å². The number of aromatic amines is 1. The number of carbonyl (C=O) groups is 1. The maximum Gasteiger partial charge on any atom is 0.301 e. The third-order valence-electron chi connectivity index (χ3n) is 5.79. The number of nitrogens with zero attached hydrogens (tertiary/aromatic N) is 2. The molecule has 1 fully saturated rings. The number of thiol groups is 1. The molecule has 2 aromatic heterocycles. The van der Waals surface area contributed by atoms with Crippen LogP contribution in [-0.2, 0) is 0 Å². The monoisotopic (exact) mass is 646 g/mol. The summed E-state index contributed by atoms with van der Waals surface area (Å²) in [5, 5.41) is 7.50. The second-order valence-corrected chi connectivity index (χ2v) is 9.34. The first kappa shape index (κ1) is 43.2. The van der Waals surface area contributed by atoms with Crippen molar-refractivity contribution in [1.29, 1.82) is 0 Å². The lowest BCUT2D eigenvalue weighted by molar-refractivity contribution is 0.112. The van der Waals surface area contributed by atoms with Crippen LogP contribution in [0, 0.1) is 6.92 Å². The van der Waals surface area contributed by atoms with Gasteiger partial charge in [-0.2, -0.15) is 4.98 Å². The first-order chi connectivity index (χ1) is 21.4. The van der Waals surface area contributed by atoms with E-state index >= 15 is 0 Å². The van der Waals surface area contributed by atoms with Crippen LogP contribution in [0.15, 0.2) is 53.4 Å². The third kappa shape index (κ3) is 14.7. The normalized spacial score (nSPS) is 11.4. The molecule has 4 N–H and O–H groups in total. The van der Waals surface area contributed by atoms with E-state index in [4.69, 9.17) is 27.2 Å². The summed E-state index contributed by atoms with van der Waals surface area (Å²) >= 11 is 10.7. The number of rotatable bonds is 4. The van der Waals surface area contributed by atoms with Crippen LogP contribution >= 0.6 is 24.2 Å². The Morgan fingerprint density at radius 2 is 1.48 bits per heavy atom. The molecule has 2 heterocycles. The Morgan fingerprint density at radius 1 is 0.909 bits per heavy atom. The summed E-state index contributed by atoms with van der Waals surface area (Å²) in [6.45, 7) is 17.9. The van der Waals surface area contributed by atoms with E-state index in [1.54, 1.807) is 18.2 Å². The SMILES string of the molecule is CC.CC.CC.CC.CO.Cc1ccc(Oc2nc3nc(-c4ccc(S)cc4)c(Cl)cc3[nH]2)cc1C=O.NC1CCCCC1. The number of aromatic nitrogens is 3. The van der Waals surface area contributed by atoms with Gasteiger partial charge in [0.05, 0.1) is 16.2 Å². The van der Waals surface area contributed by atoms with Crippen LogP contribution < -0.4 is 10.5 Å². The van der Waals surface area contributed by atoms with Crippen LogP contribution in [-0.4, -0.2) is 39.5 Å². The third-order valence-corrected chi connectivity index (χ3v) is 6.37. The molecule has 44 heavy (non-hydrogen) atoms. The summed E-state index contributed by atoms with van der Waals surface area (Å²) < 4.78 is 5.74. The molecule has 0 unspecified atom stereocenters. The van der Waals surface area contributed by atoms with Gasteiger partial charge >= 0.3 is 6.01 Å². The van der Waals surface area contributed by atoms with Crippen LogP contribution in [0.3, 0.4) is 0 Å². The van der Waals surface area contributed by atoms with Crippen molar-refractivity contribution in [3.63, 3.8) is 0 Å². The number of nitrogens with two attached hydrogens (primary N) is 1. The molecule has 0 saturated heterocycles. The number of aliphatic hydroxyl groups excluding tert-OH is 1. The second kappa shape index (κ2) is 26.5. The molecule has 1 saturated carbocycles. The fourth-order valence-electron chi connectivity index (χ4n) is 3.82. The minimum absolute atomic E-state index is 0.275. The zero-order valence-electron chi connectivity index (χ0n) is 28.4. The summed E-state index contributed by atoms with van der Waals surface area (Å²) in [6.07, 6.45) is 7.46. The van der Waals surface area contributed by atoms with E-state index in [1.807, 2.05) is 92.6 Å². The molecule has 5 rings (SSSR count). The van der Waals surface area contributed by atoms with Crippen molar-refractivity contribution < 1.29 is 14.6 Å². The first-order valence-corrected chi connectivity index (χ1v) is 16.5. The summed E-state index contributed by atoms with van der Waals surface area (Å²) in [5.41, 5.74) is 9.74. The van der Waals surface area contributed by atoms with E-state index in [0.717, 1.165) is 29.4 Å². The van der Waals surface area contributed by atoms with Gasteiger partial charge in [-0.3, -0.25) is 4.79 Å². The van der Waals surface area contributed by atoms with E-state index in [2.05, 4.69) is 27.6 Å². The number of aliphatic hydroxyl groups is 1. The Kier molecular flexibility index (Phi) is 26.0. The molecule has 9 heteroatoms. The number of ether oxygens (including phenoxy) is 1. The zero-order chi connectivity index (χ0) is 34.1. The number of hydrogen-bond acceptors (Lipinski definition) is 7. The molecule has 7 nitrogen and oxygen atoms in total. The standard InChI is InChI=1S/C20H14ClN3O2S.C6H13N.4C2H6.CH4O/c1-11-2-5-14(8-13(11)10-25)26-20-22-17-9-16(21)18(23-19(17)24-20)12-3-6-15(27)7-4-12;7-6-4-2-1-3-5-6;5*1-2/h2-10,27H,1H3,(H,22,23,24);6H,1-5,7H2;4*1-2H3;2H,1H3. The van der Waals surface area contributed by atoms with Crippen LogP contribution in [0.4, 0.5) is 0 Å². The molecule has 1 aliphatic carbocycles. The van der Waals surface area contributed by atoms with E-state index in [-0.39, 0.29) is 6.01 Å². The molecule has 0 amide bonds.